The van der Waals surface area contributed by atoms with Gasteiger partial charge in [0.2, 0.25) is 5.91 Å². The first-order valence-electron chi connectivity index (χ1n) is 21.0. The molecule has 4 N–H and O–H groups in total. The van der Waals surface area contributed by atoms with Gasteiger partial charge in [0.1, 0.15) is 23.7 Å². The quantitative estimate of drug-likeness (QED) is 0.0892. The Morgan fingerprint density at radius 1 is 0.672 bits per heavy atom. The third kappa shape index (κ3) is 9.29. The summed E-state index contributed by atoms with van der Waals surface area (Å²) in [5.74, 6) is 0.422. The Morgan fingerprint density at radius 2 is 1.19 bits per heavy atom. The number of halogens is 2. The van der Waals surface area contributed by atoms with Crippen LogP contribution in [0.4, 0.5) is 18.4 Å². The number of carbonyl (C=O) groups is 4. The number of alkyl halides is 2. The van der Waals surface area contributed by atoms with E-state index in [1.165, 1.54) is 18.9 Å². The second-order valence-corrected chi connectivity index (χ2v) is 15.8. The molecule has 0 spiro atoms. The van der Waals surface area contributed by atoms with E-state index in [-0.39, 0.29) is 11.9 Å². The lowest BCUT2D eigenvalue weighted by Gasteiger charge is -2.30. The average Bonchev–Trinajstić information content (AvgIpc) is 4.17. The van der Waals surface area contributed by atoms with Crippen LogP contribution < -0.4 is 10.6 Å². The van der Waals surface area contributed by atoms with Gasteiger partial charge in [0.15, 0.2) is 0 Å². The Labute approximate surface area is 367 Å². The molecule has 8 rings (SSSR count). The smallest absolute Gasteiger partial charge is 0.407 e. The highest BCUT2D eigenvalue weighted by Crippen LogP contribution is 2.36. The summed E-state index contributed by atoms with van der Waals surface area (Å²) in [4.78, 5) is 71.3. The highest BCUT2D eigenvalue weighted by Gasteiger charge is 2.40. The van der Waals surface area contributed by atoms with Gasteiger partial charge < -0.3 is 44.6 Å². The molecule has 2 aliphatic rings. The molecule has 0 saturated carbocycles. The van der Waals surface area contributed by atoms with Crippen LogP contribution in [-0.4, -0.2) is 99.8 Å². The van der Waals surface area contributed by atoms with Crippen molar-refractivity contribution in [3.05, 3.63) is 121 Å². The molecule has 0 aliphatic carbocycles. The number of aromatic nitrogens is 4. The van der Waals surface area contributed by atoms with Crippen molar-refractivity contribution < 1.29 is 42.2 Å². The van der Waals surface area contributed by atoms with Gasteiger partial charge in [-0.05, 0) is 77.8 Å². The molecule has 5 atom stereocenters. The van der Waals surface area contributed by atoms with Gasteiger partial charge in [-0.3, -0.25) is 9.59 Å². The monoisotopic (exact) mass is 874 g/mol. The van der Waals surface area contributed by atoms with E-state index in [9.17, 15) is 28.0 Å². The fourth-order valence-corrected chi connectivity index (χ4v) is 8.63. The van der Waals surface area contributed by atoms with Gasteiger partial charge in [0.25, 0.3) is 5.91 Å². The number of aromatic amines is 2. The molecule has 2 aromatic heterocycles. The molecule has 15 nitrogen and oxygen atoms in total. The van der Waals surface area contributed by atoms with Crippen LogP contribution in [0.3, 0.4) is 0 Å². The minimum Gasteiger partial charge on any atom is -0.453 e. The number of hydrogen-bond acceptors (Lipinski definition) is 9. The zero-order valence-corrected chi connectivity index (χ0v) is 35.4. The summed E-state index contributed by atoms with van der Waals surface area (Å²) in [6, 6.07) is 26.6. The van der Waals surface area contributed by atoms with Crippen LogP contribution in [0, 0.1) is 0 Å². The van der Waals surface area contributed by atoms with Crippen LogP contribution in [0.5, 0.6) is 0 Å². The van der Waals surface area contributed by atoms with Crippen LogP contribution in [0.2, 0.25) is 0 Å². The van der Waals surface area contributed by atoms with Crippen LogP contribution >= 0.6 is 0 Å². The minimum atomic E-state index is -3.13. The maximum absolute atomic E-state index is 13.9. The SMILES string of the molecule is COC(=O)N[C@H](C(=O)N1CCC[C@H]1c1ncc(-c2ccc3cc(-c4ccc(-c5cnc([C@@H]6CCCN6C(=O)[C@H](NC(=O)OC)c6ccccc6)[nH]5)cc4)ccc3c2)[nH]1)[C@@H](C)OC(F)F. The summed E-state index contributed by atoms with van der Waals surface area (Å²) in [5, 5.41) is 7.10. The first-order valence-corrected chi connectivity index (χ1v) is 21.0. The fourth-order valence-electron chi connectivity index (χ4n) is 8.63. The standard InChI is InChI=1S/C47H48F2N8O7/c1-27(64-45(48)49)39(54-46(60)62-2)43(58)56-21-7-11-37(56)42-51-26-36(53-42)34-20-19-32-23-31(17-18-33(32)24-34)28-13-15-29(16-14-28)35-25-50-41(52-35)38-12-8-22-57(38)44(59)40(55-47(61)63-3)30-9-5-4-6-10-30/h4-6,9-10,13-20,23-27,37-40,45H,7-8,11-12,21-22H2,1-3H3,(H,50,52)(H,51,53)(H,54,60)(H,55,61)/t27-,37+,38+,39+,40-/m1/s1. The number of ether oxygens (including phenoxy) is 3. The van der Waals surface area contributed by atoms with E-state index in [0.717, 1.165) is 64.4 Å². The molecule has 4 aromatic carbocycles. The number of fused-ring (bicyclic) bond motifs is 1. The molecule has 4 heterocycles. The number of nitrogens with zero attached hydrogens (tertiary/aromatic N) is 4. The normalized spacial score (nSPS) is 17.6. The van der Waals surface area contributed by atoms with Gasteiger partial charge in [-0.1, -0.05) is 78.9 Å². The highest BCUT2D eigenvalue weighted by molar-refractivity contribution is 5.91. The van der Waals surface area contributed by atoms with E-state index in [1.54, 1.807) is 29.4 Å². The molecule has 6 aromatic rings. The molecule has 0 radical (unpaired) electrons. The summed E-state index contributed by atoms with van der Waals surface area (Å²) in [7, 11) is 2.39. The first kappa shape index (κ1) is 43.5. The molecule has 332 valence electrons. The van der Waals surface area contributed by atoms with Gasteiger partial charge in [-0.25, -0.2) is 19.6 Å². The van der Waals surface area contributed by atoms with E-state index >= 15 is 0 Å². The molecule has 17 heteroatoms. The highest BCUT2D eigenvalue weighted by atomic mass is 19.3. The number of rotatable bonds is 13. The van der Waals surface area contributed by atoms with Gasteiger partial charge in [0.05, 0.1) is 56.2 Å². The first-order chi connectivity index (χ1) is 31.0. The number of likely N-dealkylation sites (tertiary alicyclic amines) is 2. The van der Waals surface area contributed by atoms with Crippen LogP contribution in [0.15, 0.2) is 103 Å². The summed E-state index contributed by atoms with van der Waals surface area (Å²) >= 11 is 0. The average molecular weight is 875 g/mol. The van der Waals surface area contributed by atoms with Crippen molar-refractivity contribution in [1.82, 2.24) is 40.4 Å². The number of H-pyrrole nitrogens is 2. The Bertz CT molecular complexity index is 2620. The number of alkyl carbamates (subject to hydrolysis) is 2. The molecule has 4 amide bonds. The van der Waals surface area contributed by atoms with E-state index in [4.69, 9.17) is 9.72 Å². The summed E-state index contributed by atoms with van der Waals surface area (Å²) < 4.78 is 40.2. The van der Waals surface area contributed by atoms with Crippen molar-refractivity contribution in [2.24, 2.45) is 0 Å². The largest absolute Gasteiger partial charge is 0.453 e. The zero-order valence-electron chi connectivity index (χ0n) is 35.4. The van der Waals surface area contributed by atoms with E-state index in [0.29, 0.717) is 43.1 Å². The van der Waals surface area contributed by atoms with Crippen molar-refractivity contribution in [2.45, 2.75) is 69.5 Å². The Morgan fingerprint density at radius 3 is 1.78 bits per heavy atom. The number of methoxy groups -OCH3 is 2. The van der Waals surface area contributed by atoms with E-state index in [1.807, 2.05) is 42.5 Å². The number of hydrogen-bond donors (Lipinski definition) is 4. The van der Waals surface area contributed by atoms with Gasteiger partial charge in [-0.15, -0.1) is 0 Å². The second-order valence-electron chi connectivity index (χ2n) is 15.8. The Balaban J connectivity index is 0.940. The molecule has 0 bridgehead atoms. The van der Waals surface area contributed by atoms with E-state index < -0.39 is 48.9 Å². The Kier molecular flexibility index (Phi) is 13.0. The molecular formula is C47H48F2N8O7. The molecule has 2 saturated heterocycles. The van der Waals surface area contributed by atoms with E-state index in [2.05, 4.69) is 71.5 Å². The lowest BCUT2D eigenvalue weighted by Crippen LogP contribution is -2.54. The summed E-state index contributed by atoms with van der Waals surface area (Å²) in [6.07, 6.45) is 3.33. The molecule has 64 heavy (non-hydrogen) atoms. The zero-order chi connectivity index (χ0) is 44.9. The maximum Gasteiger partial charge on any atom is 0.407 e. The van der Waals surface area contributed by atoms with Gasteiger partial charge in [-0.2, -0.15) is 8.78 Å². The van der Waals surface area contributed by atoms with Crippen molar-refractivity contribution in [3.63, 3.8) is 0 Å². The van der Waals surface area contributed by atoms with Crippen LogP contribution in [-0.2, 0) is 23.8 Å². The van der Waals surface area contributed by atoms with Crippen molar-refractivity contribution >= 4 is 34.8 Å². The number of carbonyl (C=O) groups excluding carboxylic acids is 4. The van der Waals surface area contributed by atoms with Gasteiger partial charge in [0, 0.05) is 18.7 Å². The third-order valence-corrected chi connectivity index (χ3v) is 11.9. The van der Waals surface area contributed by atoms with Crippen molar-refractivity contribution in [1.29, 1.82) is 0 Å². The predicted molar refractivity (Wildman–Crippen MR) is 233 cm³/mol. The fraction of sp³-hybridized carbons (Fsp3) is 0.319. The molecule has 2 aliphatic heterocycles. The third-order valence-electron chi connectivity index (χ3n) is 11.9. The Hall–Kier alpha value is -7.14. The van der Waals surface area contributed by atoms with Crippen LogP contribution in [0.1, 0.15) is 67.9 Å². The predicted octanol–water partition coefficient (Wildman–Crippen LogP) is 8.06. The lowest BCUT2D eigenvalue weighted by atomic mass is 9.98. The second kappa shape index (κ2) is 19.1. The van der Waals surface area contributed by atoms with Crippen molar-refractivity contribution in [2.75, 3.05) is 27.3 Å². The maximum atomic E-state index is 13.9. The van der Waals surface area contributed by atoms with Crippen molar-refractivity contribution in [3.8, 4) is 33.6 Å². The minimum absolute atomic E-state index is 0.230. The summed E-state index contributed by atoms with van der Waals surface area (Å²) in [5.41, 5.74) is 6.13. The van der Waals surface area contributed by atoms with Gasteiger partial charge >= 0.3 is 18.8 Å². The number of nitrogens with one attached hydrogen (secondary N) is 4. The number of amides is 4. The topological polar surface area (TPSA) is 184 Å². The molecular weight excluding hydrogens is 827 g/mol. The lowest BCUT2D eigenvalue weighted by molar-refractivity contribution is -0.171. The summed E-state index contributed by atoms with van der Waals surface area (Å²) in [6.45, 7) is -0.947. The van der Waals surface area contributed by atoms with Crippen LogP contribution in [0.25, 0.3) is 44.4 Å². The molecule has 0 unspecified atom stereocenters. The number of imidazole rings is 2. The molecule has 2 fully saturated rings. The number of benzene rings is 4.